The summed E-state index contributed by atoms with van der Waals surface area (Å²) in [5.74, 6) is -2.00. The lowest BCUT2D eigenvalue weighted by Crippen LogP contribution is -2.02. The van der Waals surface area contributed by atoms with Crippen molar-refractivity contribution in [3.8, 4) is 34.1 Å². The van der Waals surface area contributed by atoms with E-state index in [9.17, 15) is 54.2 Å². The predicted molar refractivity (Wildman–Crippen MR) is 219 cm³/mol. The van der Waals surface area contributed by atoms with Crippen LogP contribution in [0.5, 0.6) is 23.0 Å². The maximum Gasteiger partial charge on any atom is 0.296 e. The quantitative estimate of drug-likeness (QED) is 0.0471. The zero-order valence-electron chi connectivity index (χ0n) is 30.5. The molecule has 18 nitrogen and oxygen atoms in total. The number of ether oxygens (including phenoxy) is 1. The maximum absolute atomic E-state index is 12.5. The van der Waals surface area contributed by atoms with E-state index in [4.69, 9.17) is 4.74 Å². The minimum Gasteiger partial charge on any atom is -0.506 e. The van der Waals surface area contributed by atoms with E-state index in [2.05, 4.69) is 25.8 Å². The lowest BCUT2D eigenvalue weighted by molar-refractivity contribution is 0.416. The van der Waals surface area contributed by atoms with E-state index < -0.39 is 79.1 Å². The van der Waals surface area contributed by atoms with Crippen LogP contribution in [0.2, 0.25) is 0 Å². The molecular formula is C39H29N5O13S3. The Balaban J connectivity index is 1.20. The average molecular weight is 872 g/mol. The topological polar surface area (TPSA) is 294 Å². The first-order valence-corrected chi connectivity index (χ1v) is 21.3. The van der Waals surface area contributed by atoms with Gasteiger partial charge in [-0.25, -0.2) is 0 Å². The van der Waals surface area contributed by atoms with Crippen molar-refractivity contribution in [1.29, 1.82) is 0 Å². The molecule has 0 saturated carbocycles. The zero-order chi connectivity index (χ0) is 43.1. The van der Waals surface area contributed by atoms with Crippen molar-refractivity contribution in [3.05, 3.63) is 115 Å². The summed E-state index contributed by atoms with van der Waals surface area (Å²) in [4.78, 5) is -2.42. The van der Waals surface area contributed by atoms with E-state index in [1.807, 2.05) is 30.3 Å². The summed E-state index contributed by atoms with van der Waals surface area (Å²) in [6.07, 6.45) is 0. The number of aromatic hydroxyl groups is 3. The van der Waals surface area contributed by atoms with Gasteiger partial charge < -0.3 is 25.4 Å². The van der Waals surface area contributed by atoms with E-state index in [1.165, 1.54) is 55.6 Å². The Morgan fingerprint density at radius 2 is 1.10 bits per heavy atom. The molecule has 0 atom stereocenters. The highest BCUT2D eigenvalue weighted by Gasteiger charge is 2.27. The largest absolute Gasteiger partial charge is 0.506 e. The molecule has 306 valence electrons. The number of phenolic OH excluding ortho intramolecular Hbond substituents is 3. The molecule has 0 spiro atoms. The minimum absolute atomic E-state index is 0.0704. The van der Waals surface area contributed by atoms with Crippen LogP contribution in [0.4, 0.5) is 34.1 Å². The number of nitrogens with zero attached hydrogens (tertiary/aromatic N) is 4. The van der Waals surface area contributed by atoms with Gasteiger partial charge in [-0.2, -0.15) is 25.3 Å². The number of hydrogen-bond donors (Lipinski definition) is 7. The molecule has 60 heavy (non-hydrogen) atoms. The number of benzene rings is 7. The SMILES string of the molecule is COc1cc(-c2ccc(N=Nc3c(S(=O)(=O)O)cc4cccc(S(=O)(=O)O)c4c3O)c(O)c2)ccc1N=Nc1c(S(=O)(=O)O)cc2cc(Nc3ccccc3)ccc2c1O. The number of para-hydroxylation sites is 1. The molecular weight excluding hydrogens is 843 g/mol. The first kappa shape index (κ1) is 41.2. The molecule has 0 bridgehead atoms. The molecule has 7 aromatic rings. The van der Waals surface area contributed by atoms with E-state index in [0.29, 0.717) is 16.8 Å². The molecule has 7 aromatic carbocycles. The fourth-order valence-electron chi connectivity index (χ4n) is 6.22. The van der Waals surface area contributed by atoms with Crippen LogP contribution in [0.25, 0.3) is 32.7 Å². The van der Waals surface area contributed by atoms with Gasteiger partial charge in [0.25, 0.3) is 30.4 Å². The number of nitrogens with one attached hydrogen (secondary N) is 1. The summed E-state index contributed by atoms with van der Waals surface area (Å²) >= 11 is 0. The Kier molecular flexibility index (Phi) is 10.7. The number of rotatable bonds is 11. The Labute approximate surface area is 340 Å². The van der Waals surface area contributed by atoms with E-state index in [1.54, 1.807) is 18.2 Å². The van der Waals surface area contributed by atoms with Gasteiger partial charge in [0.05, 0.1) is 7.11 Å². The van der Waals surface area contributed by atoms with E-state index in [-0.39, 0.29) is 33.3 Å². The van der Waals surface area contributed by atoms with Gasteiger partial charge in [-0.1, -0.05) is 42.5 Å². The highest BCUT2D eigenvalue weighted by Crippen LogP contribution is 2.46. The summed E-state index contributed by atoms with van der Waals surface area (Å²) in [5.41, 5.74) is 0.554. The molecule has 21 heteroatoms. The van der Waals surface area contributed by atoms with Gasteiger partial charge in [-0.15, -0.1) is 20.5 Å². The molecule has 0 aliphatic heterocycles. The molecule has 0 unspecified atom stereocenters. The lowest BCUT2D eigenvalue weighted by Gasteiger charge is -2.12. The van der Waals surface area contributed by atoms with Crippen LogP contribution in [0.3, 0.4) is 0 Å². The predicted octanol–water partition coefficient (Wildman–Crippen LogP) is 9.10. The van der Waals surface area contributed by atoms with E-state index in [0.717, 1.165) is 23.9 Å². The van der Waals surface area contributed by atoms with Crippen LogP contribution in [-0.4, -0.2) is 61.3 Å². The summed E-state index contributed by atoms with van der Waals surface area (Å²) in [5, 5.41) is 51.6. The zero-order valence-corrected chi connectivity index (χ0v) is 33.0. The normalized spacial score (nSPS) is 12.5. The van der Waals surface area contributed by atoms with Crippen LogP contribution in [0.15, 0.2) is 150 Å². The number of anilines is 2. The summed E-state index contributed by atoms with van der Waals surface area (Å²) in [6.45, 7) is 0. The van der Waals surface area contributed by atoms with Gasteiger partial charge in [0.1, 0.15) is 48.9 Å². The number of hydrogen-bond acceptors (Lipinski definition) is 15. The van der Waals surface area contributed by atoms with Crippen molar-refractivity contribution in [2.45, 2.75) is 14.7 Å². The Hall–Kier alpha value is -7.01. The Morgan fingerprint density at radius 1 is 0.517 bits per heavy atom. The third-order valence-electron chi connectivity index (χ3n) is 8.99. The van der Waals surface area contributed by atoms with Gasteiger partial charge >= 0.3 is 0 Å². The number of fused-ring (bicyclic) bond motifs is 2. The summed E-state index contributed by atoms with van der Waals surface area (Å²) in [6, 6.07) is 27.8. The van der Waals surface area contributed by atoms with Crippen molar-refractivity contribution in [2.75, 3.05) is 12.4 Å². The van der Waals surface area contributed by atoms with Crippen molar-refractivity contribution < 1.29 is 59.0 Å². The monoisotopic (exact) mass is 871 g/mol. The summed E-state index contributed by atoms with van der Waals surface area (Å²) < 4.78 is 109. The van der Waals surface area contributed by atoms with Crippen molar-refractivity contribution in [2.24, 2.45) is 20.5 Å². The highest BCUT2D eigenvalue weighted by molar-refractivity contribution is 7.86. The second kappa shape index (κ2) is 15.6. The molecule has 7 N–H and O–H groups in total. The third-order valence-corrected chi connectivity index (χ3v) is 11.6. The Bertz CT molecular complexity index is 3290. The lowest BCUT2D eigenvalue weighted by atomic mass is 10.0. The van der Waals surface area contributed by atoms with Gasteiger partial charge in [0.2, 0.25) is 0 Å². The fourth-order valence-corrected chi connectivity index (χ4v) is 8.26. The smallest absolute Gasteiger partial charge is 0.296 e. The van der Waals surface area contributed by atoms with Gasteiger partial charge in [-0.3, -0.25) is 13.7 Å². The average Bonchev–Trinajstić information content (AvgIpc) is 3.19. The standard InChI is InChI=1S/C39H29N5O13S3/c1-57-31-18-22(11-15-29(31)42-43-36-34(60(54,55)56)20-24-16-26(12-13-27(24)38(36)46)40-25-7-3-2-4-8-25)21-10-14-28(30(45)17-21)41-44-37-33(59(51,52)53)19-23-6-5-9-32(58(48,49)50)35(23)39(37)47/h2-20,40,45-47H,1H3,(H,48,49,50)(H,51,52,53)(H,54,55,56). The molecule has 0 radical (unpaired) electrons. The summed E-state index contributed by atoms with van der Waals surface area (Å²) in [7, 11) is -13.6. The molecule has 0 aliphatic carbocycles. The molecule has 0 aromatic heterocycles. The third kappa shape index (κ3) is 8.29. The van der Waals surface area contributed by atoms with Crippen LogP contribution < -0.4 is 10.1 Å². The van der Waals surface area contributed by atoms with Crippen LogP contribution in [0.1, 0.15) is 0 Å². The van der Waals surface area contributed by atoms with Crippen LogP contribution in [0, 0.1) is 0 Å². The maximum atomic E-state index is 12.5. The molecule has 0 aliphatic rings. The van der Waals surface area contributed by atoms with Crippen LogP contribution >= 0.6 is 0 Å². The van der Waals surface area contributed by atoms with Crippen molar-refractivity contribution >= 4 is 86.0 Å². The van der Waals surface area contributed by atoms with Crippen molar-refractivity contribution in [1.82, 2.24) is 0 Å². The molecule has 0 fully saturated rings. The first-order valence-electron chi connectivity index (χ1n) is 17.0. The second-order valence-corrected chi connectivity index (χ2v) is 17.0. The molecule has 0 amide bonds. The van der Waals surface area contributed by atoms with Gasteiger partial charge in [0.15, 0.2) is 11.5 Å². The molecule has 7 rings (SSSR count). The van der Waals surface area contributed by atoms with Gasteiger partial charge in [0, 0.05) is 22.1 Å². The van der Waals surface area contributed by atoms with Gasteiger partial charge in [-0.05, 0) is 94.7 Å². The second-order valence-electron chi connectivity index (χ2n) is 12.8. The molecule has 0 saturated heterocycles. The number of phenols is 3. The first-order chi connectivity index (χ1) is 28.3. The number of azo groups is 2. The van der Waals surface area contributed by atoms with E-state index >= 15 is 0 Å². The minimum atomic E-state index is -5.08. The fraction of sp³-hybridized carbons (Fsp3) is 0.0256. The highest BCUT2D eigenvalue weighted by atomic mass is 32.2. The molecule has 0 heterocycles. The van der Waals surface area contributed by atoms with Crippen LogP contribution in [-0.2, 0) is 30.4 Å². The number of methoxy groups -OCH3 is 1. The Morgan fingerprint density at radius 3 is 1.72 bits per heavy atom. The van der Waals surface area contributed by atoms with Crippen molar-refractivity contribution in [3.63, 3.8) is 0 Å².